The summed E-state index contributed by atoms with van der Waals surface area (Å²) in [5.74, 6) is 1.08. The Kier molecular flexibility index (Phi) is 5.55. The zero-order valence-corrected chi connectivity index (χ0v) is 18.2. The number of hydrogen-bond donors (Lipinski definition) is 2. The van der Waals surface area contributed by atoms with Gasteiger partial charge in [0, 0.05) is 55.2 Å². The first-order valence-electron chi connectivity index (χ1n) is 10.3. The molecule has 2 fully saturated rings. The van der Waals surface area contributed by atoms with E-state index in [9.17, 15) is 13.2 Å². The minimum absolute atomic E-state index is 0.0696. The number of anilines is 1. The van der Waals surface area contributed by atoms with E-state index in [1.165, 1.54) is 11.8 Å². The molecule has 1 aromatic heterocycles. The van der Waals surface area contributed by atoms with E-state index in [4.69, 9.17) is 0 Å². The van der Waals surface area contributed by atoms with E-state index in [0.29, 0.717) is 29.6 Å². The van der Waals surface area contributed by atoms with Crippen LogP contribution in [-0.2, 0) is 15.4 Å². The molecule has 1 saturated heterocycles. The van der Waals surface area contributed by atoms with Crippen molar-refractivity contribution in [2.75, 3.05) is 37.2 Å². The van der Waals surface area contributed by atoms with Gasteiger partial charge in [-0.1, -0.05) is 19.1 Å². The van der Waals surface area contributed by atoms with Crippen molar-refractivity contribution in [2.24, 2.45) is 11.8 Å². The molecule has 0 spiro atoms. The monoisotopic (exact) mass is 428 g/mol. The Bertz CT molecular complexity index is 1010. The Morgan fingerprint density at radius 1 is 1.20 bits per heavy atom. The van der Waals surface area contributed by atoms with Crippen LogP contribution in [0.2, 0.25) is 0 Å². The number of carbonyl (C=O) groups is 1. The third-order valence-electron chi connectivity index (χ3n) is 6.55. The molecule has 160 valence electrons. The van der Waals surface area contributed by atoms with Gasteiger partial charge in [0.05, 0.1) is 6.26 Å². The number of rotatable bonds is 8. The van der Waals surface area contributed by atoms with Gasteiger partial charge >= 0.3 is 0 Å². The van der Waals surface area contributed by atoms with E-state index in [1.54, 1.807) is 30.6 Å². The van der Waals surface area contributed by atoms with Crippen molar-refractivity contribution in [3.63, 3.8) is 0 Å². The first-order valence-corrected chi connectivity index (χ1v) is 12.2. The summed E-state index contributed by atoms with van der Waals surface area (Å²) in [5.41, 5.74) is 2.61. The quantitative estimate of drug-likeness (QED) is 0.672. The van der Waals surface area contributed by atoms with Crippen LogP contribution >= 0.6 is 0 Å². The van der Waals surface area contributed by atoms with Gasteiger partial charge in [-0.25, -0.2) is 8.42 Å². The molecular weight excluding hydrogens is 400 g/mol. The van der Waals surface area contributed by atoms with Crippen LogP contribution in [0.25, 0.3) is 0 Å². The summed E-state index contributed by atoms with van der Waals surface area (Å²) in [6.07, 6.45) is 5.45. The highest BCUT2D eigenvalue weighted by Gasteiger charge is 2.67. The maximum atomic E-state index is 12.2. The molecule has 8 heteroatoms. The maximum absolute atomic E-state index is 12.2. The highest BCUT2D eigenvalue weighted by molar-refractivity contribution is 7.92. The number of likely N-dealkylation sites (tertiary alicyclic amines) is 1. The van der Waals surface area contributed by atoms with Crippen LogP contribution in [0.4, 0.5) is 5.69 Å². The number of carbonyl (C=O) groups excluding carboxylic acids is 1. The van der Waals surface area contributed by atoms with Gasteiger partial charge in [0.25, 0.3) is 5.91 Å². The molecule has 30 heavy (non-hydrogen) atoms. The Morgan fingerprint density at radius 2 is 1.90 bits per heavy atom. The third kappa shape index (κ3) is 4.06. The summed E-state index contributed by atoms with van der Waals surface area (Å²) < 4.78 is 25.7. The van der Waals surface area contributed by atoms with Crippen LogP contribution in [0.15, 0.2) is 48.8 Å². The number of nitrogens with one attached hydrogen (secondary N) is 2. The maximum Gasteiger partial charge on any atom is 0.251 e. The largest absolute Gasteiger partial charge is 0.351 e. The molecule has 2 aliphatic rings. The van der Waals surface area contributed by atoms with Gasteiger partial charge in [-0.3, -0.25) is 14.5 Å². The van der Waals surface area contributed by atoms with E-state index in [-0.39, 0.29) is 11.3 Å². The molecule has 2 unspecified atom stereocenters. The lowest BCUT2D eigenvalue weighted by molar-refractivity contribution is 0.0948. The first-order chi connectivity index (χ1) is 14.3. The van der Waals surface area contributed by atoms with Crippen LogP contribution in [0.1, 0.15) is 29.3 Å². The summed E-state index contributed by atoms with van der Waals surface area (Å²) in [6.45, 7) is 5.68. The molecule has 4 rings (SSSR count). The zero-order valence-electron chi connectivity index (χ0n) is 17.3. The molecule has 0 radical (unpaired) electrons. The van der Waals surface area contributed by atoms with Crippen molar-refractivity contribution in [3.8, 4) is 0 Å². The molecule has 2 aromatic rings. The molecular formula is C22H28N4O3S. The van der Waals surface area contributed by atoms with Gasteiger partial charge in [-0.2, -0.15) is 0 Å². The standard InChI is InChI=1S/C22H28N4O3S/c1-3-22(17-5-4-6-18(13-17)25-30(2,28)29)19-14-26(15-20(19)22)12-11-24-21(27)16-7-9-23-10-8-16/h4-10,13,19-20,25H,3,11-12,14-15H2,1-2H3,(H,24,27). The molecule has 0 bridgehead atoms. The van der Waals surface area contributed by atoms with Crippen LogP contribution < -0.4 is 10.0 Å². The van der Waals surface area contributed by atoms with Gasteiger partial charge in [0.15, 0.2) is 0 Å². The van der Waals surface area contributed by atoms with Crippen LogP contribution in [0.5, 0.6) is 0 Å². The number of sulfonamides is 1. The van der Waals surface area contributed by atoms with Crippen LogP contribution in [0, 0.1) is 11.8 Å². The van der Waals surface area contributed by atoms with Crippen molar-refractivity contribution in [1.82, 2.24) is 15.2 Å². The van der Waals surface area contributed by atoms with Crippen molar-refractivity contribution >= 4 is 21.6 Å². The number of benzene rings is 1. The number of hydrogen-bond acceptors (Lipinski definition) is 5. The number of fused-ring (bicyclic) bond motifs is 1. The number of aromatic nitrogens is 1. The minimum Gasteiger partial charge on any atom is -0.351 e. The molecule has 7 nitrogen and oxygen atoms in total. The molecule has 1 aliphatic heterocycles. The predicted molar refractivity (Wildman–Crippen MR) is 117 cm³/mol. The number of nitrogens with zero attached hydrogens (tertiary/aromatic N) is 2. The normalized spacial score (nSPS) is 25.5. The molecule has 1 saturated carbocycles. The van der Waals surface area contributed by atoms with Gasteiger partial charge in [-0.15, -0.1) is 0 Å². The van der Waals surface area contributed by atoms with E-state index >= 15 is 0 Å². The highest BCUT2D eigenvalue weighted by atomic mass is 32.2. The van der Waals surface area contributed by atoms with Gasteiger partial charge in [0.1, 0.15) is 0 Å². The van der Waals surface area contributed by atoms with Gasteiger partial charge < -0.3 is 10.2 Å². The number of pyridine rings is 1. The second kappa shape index (κ2) is 8.00. The minimum atomic E-state index is -3.29. The third-order valence-corrected chi connectivity index (χ3v) is 7.16. The average molecular weight is 429 g/mol. The fraction of sp³-hybridized carbons (Fsp3) is 0.455. The topological polar surface area (TPSA) is 91.4 Å². The Morgan fingerprint density at radius 3 is 2.53 bits per heavy atom. The van der Waals surface area contributed by atoms with Gasteiger partial charge in [-0.05, 0) is 48.1 Å². The first kappa shape index (κ1) is 20.8. The lowest BCUT2D eigenvalue weighted by atomic mass is 9.87. The Labute approximate surface area is 177 Å². The van der Waals surface area contributed by atoms with Crippen molar-refractivity contribution in [2.45, 2.75) is 18.8 Å². The van der Waals surface area contributed by atoms with Crippen molar-refractivity contribution in [1.29, 1.82) is 0 Å². The van der Waals surface area contributed by atoms with E-state index in [2.05, 4.69) is 32.9 Å². The molecule has 1 amide bonds. The number of piperidine rings is 1. The number of amides is 1. The SMILES string of the molecule is CCC1(c2cccc(NS(C)(=O)=O)c2)C2CN(CCNC(=O)c3ccncc3)CC21. The van der Waals surface area contributed by atoms with Gasteiger partial charge in [0.2, 0.25) is 10.0 Å². The summed E-state index contributed by atoms with van der Waals surface area (Å²) in [4.78, 5) is 18.5. The fourth-order valence-electron chi connectivity index (χ4n) is 5.17. The molecule has 1 aliphatic carbocycles. The Hall–Kier alpha value is -2.45. The second-order valence-corrected chi connectivity index (χ2v) is 10.1. The lowest BCUT2D eigenvalue weighted by Gasteiger charge is -2.27. The summed E-state index contributed by atoms with van der Waals surface area (Å²) in [7, 11) is -3.29. The molecule has 2 atom stereocenters. The second-order valence-electron chi connectivity index (χ2n) is 8.31. The van der Waals surface area contributed by atoms with Crippen molar-refractivity contribution < 1.29 is 13.2 Å². The summed E-state index contributed by atoms with van der Waals surface area (Å²) >= 11 is 0. The predicted octanol–water partition coefficient (Wildman–Crippen LogP) is 2.09. The van der Waals surface area contributed by atoms with Crippen LogP contribution in [-0.4, -0.2) is 56.6 Å². The lowest BCUT2D eigenvalue weighted by Crippen LogP contribution is -2.37. The molecule has 2 N–H and O–H groups in total. The Balaban J connectivity index is 1.33. The highest BCUT2D eigenvalue weighted by Crippen LogP contribution is 2.65. The van der Waals surface area contributed by atoms with Crippen molar-refractivity contribution in [3.05, 3.63) is 59.9 Å². The molecule has 1 aromatic carbocycles. The van der Waals surface area contributed by atoms with E-state index in [0.717, 1.165) is 26.1 Å². The zero-order chi connectivity index (χ0) is 21.4. The van der Waals surface area contributed by atoms with Crippen LogP contribution in [0.3, 0.4) is 0 Å². The fourth-order valence-corrected chi connectivity index (χ4v) is 5.73. The van der Waals surface area contributed by atoms with E-state index < -0.39 is 10.0 Å². The van der Waals surface area contributed by atoms with E-state index in [1.807, 2.05) is 12.1 Å². The summed E-state index contributed by atoms with van der Waals surface area (Å²) in [5, 5.41) is 2.98. The smallest absolute Gasteiger partial charge is 0.251 e. The average Bonchev–Trinajstić information content (AvgIpc) is 3.10. The molecule has 2 heterocycles. The summed E-state index contributed by atoms with van der Waals surface area (Å²) in [6, 6.07) is 11.3.